The highest BCUT2D eigenvalue weighted by atomic mass is 32.1. The number of piperazine rings is 1. The molecule has 132 valence electrons. The average Bonchev–Trinajstić information content (AvgIpc) is 3.20. The quantitative estimate of drug-likeness (QED) is 0.737. The molecule has 7 nitrogen and oxygen atoms in total. The van der Waals surface area contributed by atoms with Crippen molar-refractivity contribution in [1.29, 1.82) is 0 Å². The number of amides is 1. The molecule has 4 heterocycles. The number of thiazole rings is 1. The number of carbonyl (C=O) groups is 1. The molecule has 0 atom stereocenters. The molecule has 0 aliphatic carbocycles. The van der Waals surface area contributed by atoms with Crippen molar-refractivity contribution in [1.82, 2.24) is 20.3 Å². The molecule has 26 heavy (non-hydrogen) atoms. The van der Waals surface area contributed by atoms with E-state index in [1.54, 1.807) is 24.0 Å². The molecule has 2 N–H and O–H groups in total. The molecule has 0 saturated carbocycles. The Labute approximate surface area is 155 Å². The molecule has 0 aromatic carbocycles. The lowest BCUT2D eigenvalue weighted by atomic mass is 10.3. The maximum Gasteiger partial charge on any atom is 0.275 e. The lowest BCUT2D eigenvalue weighted by Crippen LogP contribution is -2.44. The number of anilines is 2. The number of aromatic nitrogens is 3. The number of rotatable bonds is 4. The van der Waals surface area contributed by atoms with E-state index in [2.05, 4.69) is 30.5 Å². The van der Waals surface area contributed by atoms with Crippen LogP contribution in [0.15, 0.2) is 48.2 Å². The third-order valence-corrected chi connectivity index (χ3v) is 5.01. The van der Waals surface area contributed by atoms with Gasteiger partial charge in [0.1, 0.15) is 10.7 Å². The number of nitrogens with one attached hydrogen (secondary N) is 2. The Bertz CT molecular complexity index is 891. The van der Waals surface area contributed by atoms with Crippen LogP contribution in [0, 0.1) is 0 Å². The van der Waals surface area contributed by atoms with Gasteiger partial charge in [0.25, 0.3) is 5.91 Å². The summed E-state index contributed by atoms with van der Waals surface area (Å²) in [4.78, 5) is 27.8. The van der Waals surface area contributed by atoms with E-state index in [1.807, 2.05) is 24.3 Å². The Morgan fingerprint density at radius 3 is 2.77 bits per heavy atom. The molecule has 0 bridgehead atoms. The van der Waals surface area contributed by atoms with E-state index in [-0.39, 0.29) is 5.91 Å². The van der Waals surface area contributed by atoms with Crippen molar-refractivity contribution in [2.75, 3.05) is 36.4 Å². The van der Waals surface area contributed by atoms with Crippen LogP contribution in [0.1, 0.15) is 10.5 Å². The predicted octanol–water partition coefficient (Wildman–Crippen LogP) is 2.26. The molecule has 1 saturated heterocycles. The molecule has 3 aromatic heterocycles. The van der Waals surface area contributed by atoms with Gasteiger partial charge in [-0.2, -0.15) is 0 Å². The van der Waals surface area contributed by atoms with E-state index in [0.717, 1.165) is 42.6 Å². The van der Waals surface area contributed by atoms with Crippen LogP contribution in [-0.4, -0.2) is 47.0 Å². The van der Waals surface area contributed by atoms with E-state index in [9.17, 15) is 4.79 Å². The summed E-state index contributed by atoms with van der Waals surface area (Å²) in [5.74, 6) is 0.567. The lowest BCUT2D eigenvalue weighted by Gasteiger charge is -2.29. The van der Waals surface area contributed by atoms with Crippen LogP contribution in [0.5, 0.6) is 0 Å². The zero-order chi connectivity index (χ0) is 17.8. The van der Waals surface area contributed by atoms with Gasteiger partial charge in [0.15, 0.2) is 5.82 Å². The van der Waals surface area contributed by atoms with E-state index in [1.165, 1.54) is 11.3 Å². The fraction of sp³-hybridized carbons (Fsp3) is 0.222. The van der Waals surface area contributed by atoms with Crippen LogP contribution < -0.4 is 15.5 Å². The predicted molar refractivity (Wildman–Crippen MR) is 103 cm³/mol. The van der Waals surface area contributed by atoms with Crippen LogP contribution >= 0.6 is 11.3 Å². The molecule has 1 aliphatic rings. The molecule has 0 radical (unpaired) electrons. The van der Waals surface area contributed by atoms with Crippen molar-refractivity contribution < 1.29 is 4.79 Å². The van der Waals surface area contributed by atoms with Crippen LogP contribution in [0.4, 0.5) is 11.5 Å². The van der Waals surface area contributed by atoms with Gasteiger partial charge in [0, 0.05) is 55.7 Å². The Morgan fingerprint density at radius 2 is 1.96 bits per heavy atom. The van der Waals surface area contributed by atoms with Gasteiger partial charge in [-0.1, -0.05) is 0 Å². The van der Waals surface area contributed by atoms with Crippen LogP contribution in [0.25, 0.3) is 10.6 Å². The lowest BCUT2D eigenvalue weighted by molar-refractivity contribution is 0.102. The van der Waals surface area contributed by atoms with Crippen molar-refractivity contribution >= 4 is 28.7 Å². The Hall–Kier alpha value is -2.84. The normalized spacial score (nSPS) is 14.2. The smallest absolute Gasteiger partial charge is 0.275 e. The Kier molecular flexibility index (Phi) is 4.85. The second kappa shape index (κ2) is 7.59. The van der Waals surface area contributed by atoms with Crippen LogP contribution in [0.2, 0.25) is 0 Å². The fourth-order valence-corrected chi connectivity index (χ4v) is 3.62. The molecule has 1 aliphatic heterocycles. The van der Waals surface area contributed by atoms with E-state index in [0.29, 0.717) is 11.4 Å². The maximum atomic E-state index is 12.7. The average molecular weight is 366 g/mol. The summed E-state index contributed by atoms with van der Waals surface area (Å²) in [7, 11) is 0. The Morgan fingerprint density at radius 1 is 1.15 bits per heavy atom. The summed E-state index contributed by atoms with van der Waals surface area (Å²) in [5, 5.41) is 8.84. The fourth-order valence-electron chi connectivity index (χ4n) is 2.81. The third-order valence-electron chi connectivity index (χ3n) is 4.12. The highest BCUT2D eigenvalue weighted by molar-refractivity contribution is 7.13. The highest BCUT2D eigenvalue weighted by Crippen LogP contribution is 2.26. The summed E-state index contributed by atoms with van der Waals surface area (Å²) in [6, 6.07) is 7.46. The molecule has 8 heteroatoms. The number of pyridine rings is 2. The van der Waals surface area contributed by atoms with Crippen molar-refractivity contribution in [3.8, 4) is 10.6 Å². The monoisotopic (exact) mass is 366 g/mol. The van der Waals surface area contributed by atoms with E-state index in [4.69, 9.17) is 0 Å². The standard InChI is InChI=1S/C18H18N6OS/c25-17(15-12-26-18(23-15)13-3-6-19-7-4-13)22-14-2-1-5-21-16(14)24-10-8-20-9-11-24/h1-7,12,20H,8-11H2,(H,22,25). The van der Waals surface area contributed by atoms with Gasteiger partial charge < -0.3 is 15.5 Å². The number of carbonyl (C=O) groups excluding carboxylic acids is 1. The first-order valence-electron chi connectivity index (χ1n) is 8.39. The topological polar surface area (TPSA) is 83.0 Å². The molecule has 4 rings (SSSR count). The minimum atomic E-state index is -0.231. The second-order valence-electron chi connectivity index (χ2n) is 5.84. The molecule has 0 spiro atoms. The van der Waals surface area contributed by atoms with Crippen LogP contribution in [-0.2, 0) is 0 Å². The first-order chi connectivity index (χ1) is 12.8. The van der Waals surface area contributed by atoms with Crippen LogP contribution in [0.3, 0.4) is 0 Å². The second-order valence-corrected chi connectivity index (χ2v) is 6.70. The summed E-state index contributed by atoms with van der Waals surface area (Å²) in [6.07, 6.45) is 5.18. The van der Waals surface area contributed by atoms with Crippen molar-refractivity contribution in [2.45, 2.75) is 0 Å². The molecule has 1 amide bonds. The molecule has 3 aromatic rings. The number of hydrogen-bond donors (Lipinski definition) is 2. The first kappa shape index (κ1) is 16.6. The molecular weight excluding hydrogens is 348 g/mol. The minimum Gasteiger partial charge on any atom is -0.352 e. The number of hydrogen-bond acceptors (Lipinski definition) is 7. The molecule has 0 unspecified atom stereocenters. The SMILES string of the molecule is O=C(Nc1cccnc1N1CCNCC1)c1csc(-c2ccncc2)n1. The summed E-state index contributed by atoms with van der Waals surface area (Å²) < 4.78 is 0. The maximum absolute atomic E-state index is 12.7. The number of nitrogens with zero attached hydrogens (tertiary/aromatic N) is 4. The van der Waals surface area contributed by atoms with Gasteiger partial charge in [-0.15, -0.1) is 11.3 Å². The summed E-state index contributed by atoms with van der Waals surface area (Å²) in [5.41, 5.74) is 2.06. The third kappa shape index (κ3) is 3.56. The highest BCUT2D eigenvalue weighted by Gasteiger charge is 2.18. The summed E-state index contributed by atoms with van der Waals surface area (Å²) in [6.45, 7) is 3.54. The zero-order valence-corrected chi connectivity index (χ0v) is 14.9. The van der Waals surface area contributed by atoms with Crippen molar-refractivity contribution in [3.63, 3.8) is 0 Å². The van der Waals surface area contributed by atoms with E-state index >= 15 is 0 Å². The van der Waals surface area contributed by atoms with Crippen molar-refractivity contribution in [3.05, 3.63) is 53.9 Å². The van der Waals surface area contributed by atoms with Gasteiger partial charge in [-0.05, 0) is 24.3 Å². The zero-order valence-electron chi connectivity index (χ0n) is 14.1. The summed E-state index contributed by atoms with van der Waals surface area (Å²) >= 11 is 1.44. The van der Waals surface area contributed by atoms with Gasteiger partial charge in [-0.25, -0.2) is 9.97 Å². The van der Waals surface area contributed by atoms with Gasteiger partial charge in [0.2, 0.25) is 0 Å². The minimum absolute atomic E-state index is 0.231. The van der Waals surface area contributed by atoms with E-state index < -0.39 is 0 Å². The van der Waals surface area contributed by atoms with Gasteiger partial charge >= 0.3 is 0 Å². The van der Waals surface area contributed by atoms with Gasteiger partial charge in [0.05, 0.1) is 5.69 Å². The Balaban J connectivity index is 1.53. The van der Waals surface area contributed by atoms with Gasteiger partial charge in [-0.3, -0.25) is 9.78 Å². The molecular formula is C18H18N6OS. The van der Waals surface area contributed by atoms with Crippen molar-refractivity contribution in [2.24, 2.45) is 0 Å². The molecule has 1 fully saturated rings. The first-order valence-corrected chi connectivity index (χ1v) is 9.27. The largest absolute Gasteiger partial charge is 0.352 e.